The van der Waals surface area contributed by atoms with Gasteiger partial charge in [-0.2, -0.15) is 5.10 Å². The van der Waals surface area contributed by atoms with Crippen LogP contribution in [0.3, 0.4) is 0 Å². The number of hydrazone groups is 1. The Balaban J connectivity index is 1.54. The average molecular weight is 530 g/mol. The molecule has 0 aliphatic carbocycles. The normalized spacial score (nSPS) is 11.5. The molecule has 4 rings (SSSR count). The van der Waals surface area contributed by atoms with E-state index in [1.165, 1.54) is 17.3 Å². The molecule has 0 aliphatic rings. The minimum atomic E-state index is -0.255. The Morgan fingerprint density at radius 1 is 0.974 bits per heavy atom. The molecule has 0 spiro atoms. The van der Waals surface area contributed by atoms with Crippen LogP contribution in [0.4, 0.5) is 0 Å². The third kappa shape index (κ3) is 6.60. The largest absolute Gasteiger partial charge is 0.497 e. The molecule has 0 aliphatic heterocycles. The third-order valence-electron chi connectivity index (χ3n) is 5.80. The van der Waals surface area contributed by atoms with Crippen molar-refractivity contribution >= 4 is 23.9 Å². The van der Waals surface area contributed by atoms with Crippen LogP contribution in [0.1, 0.15) is 31.9 Å². The van der Waals surface area contributed by atoms with Crippen LogP contribution in [0.15, 0.2) is 83.1 Å². The van der Waals surface area contributed by atoms with E-state index in [0.717, 1.165) is 28.3 Å². The van der Waals surface area contributed by atoms with Gasteiger partial charge in [0.1, 0.15) is 11.5 Å². The summed E-state index contributed by atoms with van der Waals surface area (Å²) in [5, 5.41) is 13.5. The van der Waals surface area contributed by atoms with Crippen LogP contribution in [0.5, 0.6) is 11.5 Å². The van der Waals surface area contributed by atoms with Gasteiger partial charge >= 0.3 is 0 Å². The summed E-state index contributed by atoms with van der Waals surface area (Å²) >= 11 is 1.29. The first kappa shape index (κ1) is 26.9. The lowest BCUT2D eigenvalue weighted by Gasteiger charge is -2.19. The molecule has 9 heteroatoms. The third-order valence-corrected chi connectivity index (χ3v) is 6.73. The number of benzene rings is 3. The van der Waals surface area contributed by atoms with Gasteiger partial charge in [0.15, 0.2) is 11.0 Å². The minimum absolute atomic E-state index is 0.0472. The lowest BCUT2D eigenvalue weighted by atomic mass is 9.87. The van der Waals surface area contributed by atoms with Crippen molar-refractivity contribution in [3.05, 3.63) is 83.9 Å². The number of carbonyl (C=O) groups is 1. The first-order chi connectivity index (χ1) is 18.3. The number of nitrogens with one attached hydrogen (secondary N) is 1. The maximum atomic E-state index is 12.5. The summed E-state index contributed by atoms with van der Waals surface area (Å²) in [5.74, 6) is 2.02. The predicted molar refractivity (Wildman–Crippen MR) is 152 cm³/mol. The van der Waals surface area contributed by atoms with Gasteiger partial charge in [-0.1, -0.05) is 68.9 Å². The van der Waals surface area contributed by atoms with Crippen molar-refractivity contribution in [1.29, 1.82) is 0 Å². The Hall–Kier alpha value is -4.11. The summed E-state index contributed by atoms with van der Waals surface area (Å²) in [6, 6.07) is 23.4. The van der Waals surface area contributed by atoms with E-state index in [1.807, 2.05) is 53.1 Å². The minimum Gasteiger partial charge on any atom is -0.497 e. The summed E-state index contributed by atoms with van der Waals surface area (Å²) in [4.78, 5) is 12.5. The van der Waals surface area contributed by atoms with Crippen molar-refractivity contribution in [1.82, 2.24) is 20.2 Å². The van der Waals surface area contributed by atoms with Gasteiger partial charge in [0.2, 0.25) is 0 Å². The quantitative estimate of drug-likeness (QED) is 0.175. The lowest BCUT2D eigenvalue weighted by molar-refractivity contribution is -0.118. The molecule has 0 radical (unpaired) electrons. The van der Waals surface area contributed by atoms with E-state index in [-0.39, 0.29) is 17.1 Å². The molecule has 0 saturated carbocycles. The Bertz CT molecular complexity index is 1410. The van der Waals surface area contributed by atoms with E-state index in [9.17, 15) is 4.79 Å². The first-order valence-corrected chi connectivity index (χ1v) is 13.1. The van der Waals surface area contributed by atoms with Gasteiger partial charge in [0.05, 0.1) is 26.2 Å². The molecular formula is C29H31N5O3S. The van der Waals surface area contributed by atoms with E-state index in [0.29, 0.717) is 11.0 Å². The van der Waals surface area contributed by atoms with Crippen LogP contribution in [0.25, 0.3) is 17.1 Å². The Kier molecular flexibility index (Phi) is 8.48. The van der Waals surface area contributed by atoms with Gasteiger partial charge < -0.3 is 9.47 Å². The highest BCUT2D eigenvalue weighted by molar-refractivity contribution is 7.99. The van der Waals surface area contributed by atoms with Crippen molar-refractivity contribution in [2.45, 2.75) is 31.3 Å². The molecule has 196 valence electrons. The Morgan fingerprint density at radius 2 is 1.68 bits per heavy atom. The van der Waals surface area contributed by atoms with Crippen molar-refractivity contribution in [3.8, 4) is 28.6 Å². The van der Waals surface area contributed by atoms with Gasteiger partial charge in [-0.3, -0.25) is 9.36 Å². The molecule has 1 heterocycles. The molecule has 8 nitrogen and oxygen atoms in total. The van der Waals surface area contributed by atoms with Crippen LogP contribution < -0.4 is 14.9 Å². The molecule has 38 heavy (non-hydrogen) atoms. The van der Waals surface area contributed by atoms with Gasteiger partial charge in [-0.05, 0) is 52.9 Å². The van der Waals surface area contributed by atoms with Gasteiger partial charge in [-0.25, -0.2) is 5.43 Å². The summed E-state index contributed by atoms with van der Waals surface area (Å²) in [6.07, 6.45) is 1.57. The number of amides is 1. The highest BCUT2D eigenvalue weighted by Crippen LogP contribution is 2.30. The number of nitrogens with zero attached hydrogens (tertiary/aromatic N) is 4. The van der Waals surface area contributed by atoms with E-state index in [1.54, 1.807) is 20.4 Å². The maximum absolute atomic E-state index is 12.5. The second-order valence-corrected chi connectivity index (χ2v) is 10.5. The number of hydrogen-bond donors (Lipinski definition) is 1. The van der Waals surface area contributed by atoms with Crippen molar-refractivity contribution in [2.24, 2.45) is 5.10 Å². The molecule has 1 N–H and O–H groups in total. The molecule has 0 saturated heterocycles. The van der Waals surface area contributed by atoms with Crippen LogP contribution in [-0.4, -0.2) is 46.9 Å². The molecule has 0 atom stereocenters. The summed E-state index contributed by atoms with van der Waals surface area (Å²) in [5.41, 5.74) is 6.46. The second-order valence-electron chi connectivity index (χ2n) is 9.53. The fraction of sp³-hybridized carbons (Fsp3) is 0.241. The number of thioether (sulfide) groups is 1. The predicted octanol–water partition coefficient (Wildman–Crippen LogP) is 5.49. The standard InChI is InChI=1S/C29H31N5O3S/c1-29(2,3)22-11-9-21(10-12-22)27-32-33-28(34(27)23-13-15-24(36-4)16-14-23)38-19-26(35)31-30-18-20-7-6-8-25(17-20)37-5/h6-18H,19H2,1-5H3,(H,31,35)/b30-18-. The summed E-state index contributed by atoms with van der Waals surface area (Å²) in [7, 11) is 3.24. The Morgan fingerprint density at radius 3 is 2.34 bits per heavy atom. The van der Waals surface area contributed by atoms with E-state index in [2.05, 4.69) is 65.8 Å². The van der Waals surface area contributed by atoms with Gasteiger partial charge in [-0.15, -0.1) is 10.2 Å². The number of hydrogen-bond acceptors (Lipinski definition) is 7. The van der Waals surface area contributed by atoms with Crippen LogP contribution in [-0.2, 0) is 10.2 Å². The summed E-state index contributed by atoms with van der Waals surface area (Å²) < 4.78 is 12.5. The fourth-order valence-corrected chi connectivity index (χ4v) is 4.44. The number of ether oxygens (including phenoxy) is 2. The van der Waals surface area contributed by atoms with Crippen LogP contribution in [0.2, 0.25) is 0 Å². The SMILES string of the molecule is COc1ccc(-n2c(SCC(=O)N/N=C\c3cccc(OC)c3)nnc2-c2ccc(C(C)(C)C)cc2)cc1. The van der Waals surface area contributed by atoms with Crippen LogP contribution >= 0.6 is 11.8 Å². The average Bonchev–Trinajstić information content (AvgIpc) is 3.35. The molecule has 0 unspecified atom stereocenters. The molecule has 3 aromatic carbocycles. The van der Waals surface area contributed by atoms with Crippen molar-refractivity contribution < 1.29 is 14.3 Å². The van der Waals surface area contributed by atoms with Gasteiger partial charge in [0.25, 0.3) is 5.91 Å². The molecule has 1 aromatic heterocycles. The topological polar surface area (TPSA) is 90.6 Å². The van der Waals surface area contributed by atoms with Crippen molar-refractivity contribution in [3.63, 3.8) is 0 Å². The number of methoxy groups -OCH3 is 2. The zero-order valence-corrected chi connectivity index (χ0v) is 23.0. The van der Waals surface area contributed by atoms with Crippen molar-refractivity contribution in [2.75, 3.05) is 20.0 Å². The Labute approximate surface area is 227 Å². The van der Waals surface area contributed by atoms with E-state index < -0.39 is 0 Å². The molecule has 4 aromatic rings. The van der Waals surface area contributed by atoms with E-state index >= 15 is 0 Å². The molecule has 1 amide bonds. The number of carbonyl (C=O) groups excluding carboxylic acids is 1. The van der Waals surface area contributed by atoms with Crippen LogP contribution in [0, 0.1) is 0 Å². The number of aromatic nitrogens is 3. The first-order valence-electron chi connectivity index (χ1n) is 12.1. The second kappa shape index (κ2) is 12.0. The fourth-order valence-electron chi connectivity index (χ4n) is 3.70. The summed E-state index contributed by atoms with van der Waals surface area (Å²) in [6.45, 7) is 6.55. The highest BCUT2D eigenvalue weighted by atomic mass is 32.2. The molecule has 0 fully saturated rings. The zero-order valence-electron chi connectivity index (χ0n) is 22.1. The maximum Gasteiger partial charge on any atom is 0.250 e. The lowest BCUT2D eigenvalue weighted by Crippen LogP contribution is -2.20. The highest BCUT2D eigenvalue weighted by Gasteiger charge is 2.19. The smallest absolute Gasteiger partial charge is 0.250 e. The number of rotatable bonds is 9. The molecular weight excluding hydrogens is 498 g/mol. The van der Waals surface area contributed by atoms with E-state index in [4.69, 9.17) is 9.47 Å². The van der Waals surface area contributed by atoms with Gasteiger partial charge in [0, 0.05) is 11.3 Å². The molecule has 0 bridgehead atoms. The zero-order chi connectivity index (χ0) is 27.1. The monoisotopic (exact) mass is 529 g/mol.